The molecule has 150 valence electrons. The Morgan fingerprint density at radius 2 is 1.77 bits per heavy atom. The maximum absolute atomic E-state index is 13.4. The zero-order valence-corrected chi connectivity index (χ0v) is 16.1. The van der Waals surface area contributed by atoms with Crippen molar-refractivity contribution in [2.24, 2.45) is 0 Å². The van der Waals surface area contributed by atoms with Crippen LogP contribution in [0.15, 0.2) is 36.5 Å². The van der Waals surface area contributed by atoms with Crippen molar-refractivity contribution in [2.45, 2.75) is 31.0 Å². The SMILES string of the molecule is N#Cc1ccc(N2C(=S)N(c3cnc(C#N)c(C(F)(F)F)c3)C(=O)C23CCC3)cc1. The molecule has 0 bridgehead atoms. The molecule has 2 fully saturated rings. The average Bonchev–Trinajstić information content (AvgIpc) is 2.93. The lowest BCUT2D eigenvalue weighted by molar-refractivity contribution is -0.138. The van der Waals surface area contributed by atoms with Crippen molar-refractivity contribution in [3.8, 4) is 12.1 Å². The second-order valence-corrected chi connectivity index (χ2v) is 7.37. The summed E-state index contributed by atoms with van der Waals surface area (Å²) in [6.45, 7) is 0. The van der Waals surface area contributed by atoms with Crippen LogP contribution in [0.4, 0.5) is 24.5 Å². The first kappa shape index (κ1) is 19.8. The molecule has 1 spiro atoms. The predicted octanol–water partition coefficient (Wildman–Crippen LogP) is 3.90. The van der Waals surface area contributed by atoms with Gasteiger partial charge in [0.05, 0.1) is 29.1 Å². The summed E-state index contributed by atoms with van der Waals surface area (Å²) in [6, 6.07) is 10.6. The maximum atomic E-state index is 13.4. The number of nitriles is 2. The summed E-state index contributed by atoms with van der Waals surface area (Å²) in [4.78, 5) is 19.6. The Hall–Kier alpha value is -3.50. The molecular weight excluding hydrogens is 415 g/mol. The maximum Gasteiger partial charge on any atom is 0.419 e. The van der Waals surface area contributed by atoms with Gasteiger partial charge in [-0.1, -0.05) is 0 Å². The predicted molar refractivity (Wildman–Crippen MR) is 104 cm³/mol. The molecule has 0 atom stereocenters. The number of halogens is 3. The van der Waals surface area contributed by atoms with E-state index in [2.05, 4.69) is 4.98 Å². The van der Waals surface area contributed by atoms with Crippen molar-refractivity contribution in [2.75, 3.05) is 9.80 Å². The highest BCUT2D eigenvalue weighted by atomic mass is 32.1. The van der Waals surface area contributed by atoms with Crippen molar-refractivity contribution >= 4 is 34.6 Å². The Kier molecular flexibility index (Phi) is 4.48. The highest BCUT2D eigenvalue weighted by Gasteiger charge is 2.59. The number of hydrogen-bond acceptors (Lipinski definition) is 5. The Labute approximate surface area is 174 Å². The first-order valence-corrected chi connectivity index (χ1v) is 9.30. The molecular formula is C20H12F3N5OS. The minimum absolute atomic E-state index is 0.0315. The third kappa shape index (κ3) is 2.80. The molecule has 2 heterocycles. The van der Waals surface area contributed by atoms with E-state index in [-0.39, 0.29) is 10.8 Å². The molecule has 10 heteroatoms. The van der Waals surface area contributed by atoms with Gasteiger partial charge in [-0.15, -0.1) is 0 Å². The molecule has 1 saturated heterocycles. The minimum Gasteiger partial charge on any atom is -0.303 e. The Bertz CT molecular complexity index is 1140. The van der Waals surface area contributed by atoms with Gasteiger partial charge in [0.2, 0.25) is 0 Å². The van der Waals surface area contributed by atoms with Crippen molar-refractivity contribution in [1.82, 2.24) is 4.98 Å². The van der Waals surface area contributed by atoms with Gasteiger partial charge in [-0.25, -0.2) is 4.98 Å². The molecule has 0 radical (unpaired) electrons. The van der Waals surface area contributed by atoms with Gasteiger partial charge in [-0.2, -0.15) is 23.7 Å². The quantitative estimate of drug-likeness (QED) is 0.676. The number of pyridine rings is 1. The second-order valence-electron chi connectivity index (χ2n) is 7.00. The smallest absolute Gasteiger partial charge is 0.303 e. The average molecular weight is 427 g/mol. The molecule has 1 saturated carbocycles. The number of carbonyl (C=O) groups is 1. The van der Waals surface area contributed by atoms with E-state index in [4.69, 9.17) is 22.7 Å². The first-order valence-electron chi connectivity index (χ1n) is 8.89. The van der Waals surface area contributed by atoms with Gasteiger partial charge < -0.3 is 4.90 Å². The summed E-state index contributed by atoms with van der Waals surface area (Å²) in [6.07, 6.45) is -1.99. The Morgan fingerprint density at radius 3 is 2.27 bits per heavy atom. The molecule has 1 aromatic carbocycles. The minimum atomic E-state index is -4.81. The van der Waals surface area contributed by atoms with Crippen LogP contribution in [0.25, 0.3) is 0 Å². The molecule has 30 heavy (non-hydrogen) atoms. The van der Waals surface area contributed by atoms with E-state index in [1.165, 1.54) is 6.07 Å². The zero-order valence-electron chi connectivity index (χ0n) is 15.3. The van der Waals surface area contributed by atoms with Gasteiger partial charge in [-0.3, -0.25) is 9.69 Å². The monoisotopic (exact) mass is 427 g/mol. The molecule has 1 aliphatic carbocycles. The van der Waals surface area contributed by atoms with Gasteiger partial charge in [0.25, 0.3) is 5.91 Å². The Balaban J connectivity index is 1.81. The van der Waals surface area contributed by atoms with Gasteiger partial charge in [0.1, 0.15) is 11.6 Å². The highest BCUT2D eigenvalue weighted by Crippen LogP contribution is 2.48. The van der Waals surface area contributed by atoms with Gasteiger partial charge in [-0.05, 0) is 61.8 Å². The summed E-state index contributed by atoms with van der Waals surface area (Å²) in [5.74, 6) is -0.428. The van der Waals surface area contributed by atoms with E-state index in [1.807, 2.05) is 6.07 Å². The summed E-state index contributed by atoms with van der Waals surface area (Å²) in [7, 11) is 0. The van der Waals surface area contributed by atoms with Gasteiger partial charge in [0.15, 0.2) is 10.8 Å². The molecule has 6 nitrogen and oxygen atoms in total. The van der Waals surface area contributed by atoms with Gasteiger partial charge >= 0.3 is 6.18 Å². The molecule has 1 aromatic heterocycles. The largest absolute Gasteiger partial charge is 0.419 e. The number of anilines is 2. The number of alkyl halides is 3. The topological polar surface area (TPSA) is 84.0 Å². The number of benzene rings is 1. The van der Waals surface area contributed by atoms with Crippen molar-refractivity contribution in [1.29, 1.82) is 10.5 Å². The summed E-state index contributed by atoms with van der Waals surface area (Å²) in [5.41, 5.74) is -2.10. The fourth-order valence-corrected chi connectivity index (χ4v) is 4.24. The summed E-state index contributed by atoms with van der Waals surface area (Å²) < 4.78 is 40.1. The van der Waals surface area contributed by atoms with Crippen LogP contribution < -0.4 is 9.80 Å². The normalized spacial score (nSPS) is 17.6. The van der Waals surface area contributed by atoms with Gasteiger partial charge in [0, 0.05) is 5.69 Å². The fraction of sp³-hybridized carbons (Fsp3) is 0.250. The highest BCUT2D eigenvalue weighted by molar-refractivity contribution is 7.81. The van der Waals surface area contributed by atoms with Crippen LogP contribution >= 0.6 is 12.2 Å². The molecule has 2 aliphatic rings. The number of nitrogens with zero attached hydrogens (tertiary/aromatic N) is 5. The van der Waals surface area contributed by atoms with Crippen molar-refractivity contribution in [3.05, 3.63) is 53.3 Å². The third-order valence-electron chi connectivity index (χ3n) is 5.39. The molecule has 0 unspecified atom stereocenters. The molecule has 1 aliphatic heterocycles. The van der Waals surface area contributed by atoms with Crippen LogP contribution in [-0.4, -0.2) is 21.5 Å². The number of aromatic nitrogens is 1. The lowest BCUT2D eigenvalue weighted by atomic mass is 9.75. The number of rotatable bonds is 2. The van der Waals surface area contributed by atoms with E-state index in [9.17, 15) is 18.0 Å². The van der Waals surface area contributed by atoms with E-state index in [1.54, 1.807) is 29.2 Å². The number of hydrogen-bond donors (Lipinski definition) is 0. The molecule has 4 rings (SSSR count). The molecule has 2 aromatic rings. The van der Waals surface area contributed by atoms with Crippen LogP contribution in [0.5, 0.6) is 0 Å². The third-order valence-corrected chi connectivity index (χ3v) is 5.76. The van der Waals surface area contributed by atoms with Crippen LogP contribution in [-0.2, 0) is 11.0 Å². The first-order chi connectivity index (χ1) is 14.2. The number of amides is 1. The second kappa shape index (κ2) is 6.78. The van der Waals surface area contributed by atoms with Crippen molar-refractivity contribution < 1.29 is 18.0 Å². The van der Waals surface area contributed by atoms with E-state index >= 15 is 0 Å². The van der Waals surface area contributed by atoms with E-state index < -0.39 is 28.9 Å². The standard InChI is InChI=1S/C20H12F3N5OS/c21-20(22,23)15-8-14(11-26-16(15)10-25)27-17(29)19(6-1-7-19)28(18(27)30)13-4-2-12(9-24)3-5-13/h2-5,8,11H,1,6-7H2. The molecule has 1 amide bonds. The van der Waals surface area contributed by atoms with E-state index in [0.29, 0.717) is 24.1 Å². The van der Waals surface area contributed by atoms with Crippen LogP contribution in [0, 0.1) is 22.7 Å². The van der Waals surface area contributed by atoms with Crippen LogP contribution in [0.2, 0.25) is 0 Å². The van der Waals surface area contributed by atoms with E-state index in [0.717, 1.165) is 23.6 Å². The molecule has 0 N–H and O–H groups in total. The zero-order chi connectivity index (χ0) is 21.7. The fourth-order valence-electron chi connectivity index (χ4n) is 3.77. The summed E-state index contributed by atoms with van der Waals surface area (Å²) in [5, 5.41) is 18.0. The van der Waals surface area contributed by atoms with Crippen LogP contribution in [0.3, 0.4) is 0 Å². The Morgan fingerprint density at radius 1 is 1.10 bits per heavy atom. The van der Waals surface area contributed by atoms with Crippen molar-refractivity contribution in [3.63, 3.8) is 0 Å². The summed E-state index contributed by atoms with van der Waals surface area (Å²) >= 11 is 5.50. The van der Waals surface area contributed by atoms with Crippen LogP contribution in [0.1, 0.15) is 36.1 Å². The number of carbonyl (C=O) groups excluding carboxylic acids is 1. The lowest BCUT2D eigenvalue weighted by Crippen LogP contribution is -2.55. The number of thiocarbonyl (C=S) groups is 1. The lowest BCUT2D eigenvalue weighted by Gasteiger charge is -2.43.